The number of hydrogen-bond donors (Lipinski definition) is 3. The van der Waals surface area contributed by atoms with Crippen molar-refractivity contribution < 1.29 is 14.6 Å². The van der Waals surface area contributed by atoms with Crippen molar-refractivity contribution >= 4 is 11.4 Å². The van der Waals surface area contributed by atoms with Gasteiger partial charge in [0.25, 0.3) is 0 Å². The van der Waals surface area contributed by atoms with Crippen LogP contribution in [0.3, 0.4) is 0 Å². The van der Waals surface area contributed by atoms with Crippen LogP contribution >= 0.6 is 0 Å². The Morgan fingerprint density at radius 2 is 1.87 bits per heavy atom. The first-order valence-electron chi connectivity index (χ1n) is 11.4. The zero-order valence-corrected chi connectivity index (χ0v) is 18.8. The number of rotatable bonds is 11. The van der Waals surface area contributed by atoms with E-state index in [2.05, 4.69) is 17.1 Å². The largest absolute Gasteiger partial charge is 0.493 e. The number of aliphatic hydroxyl groups excluding tert-OH is 1. The Hall–Kier alpha value is -2.44. The molecule has 0 aromatic heterocycles. The first kappa shape index (κ1) is 23.2. The van der Waals surface area contributed by atoms with E-state index in [1.807, 2.05) is 49.4 Å². The van der Waals surface area contributed by atoms with E-state index in [0.717, 1.165) is 62.5 Å². The van der Waals surface area contributed by atoms with Gasteiger partial charge in [-0.1, -0.05) is 31.2 Å². The lowest BCUT2D eigenvalue weighted by Crippen LogP contribution is -2.41. The summed E-state index contributed by atoms with van der Waals surface area (Å²) in [6.07, 6.45) is 2.63. The summed E-state index contributed by atoms with van der Waals surface area (Å²) >= 11 is 0. The fraction of sp³-hybridized carbons (Fsp3) is 0.520. The van der Waals surface area contributed by atoms with E-state index in [4.69, 9.17) is 15.2 Å². The van der Waals surface area contributed by atoms with Gasteiger partial charge >= 0.3 is 0 Å². The Kier molecular flexibility index (Phi) is 8.85. The lowest BCUT2D eigenvalue weighted by molar-refractivity contribution is 0.0505. The normalized spacial score (nSPS) is 16.1. The number of hydrogen-bond acceptors (Lipinski definition) is 6. The maximum Gasteiger partial charge on any atom is 0.144 e. The predicted octanol–water partition coefficient (Wildman–Crippen LogP) is 3.93. The van der Waals surface area contributed by atoms with E-state index in [1.165, 1.54) is 0 Å². The standard InChI is InChI=1S/C25H37N3O3/c1-3-13-27-25-23(10-9-19(2)24(25)26)31-18-21(29)16-28-14-11-20(12-15-28)17-30-22-7-5-4-6-8-22/h4-10,20-21,27,29H,3,11-18,26H2,1-2H3. The molecule has 2 aromatic rings. The molecule has 0 radical (unpaired) electrons. The van der Waals surface area contributed by atoms with Crippen LogP contribution in [0.2, 0.25) is 0 Å². The number of benzene rings is 2. The molecule has 0 aliphatic carbocycles. The molecule has 1 fully saturated rings. The number of nitrogens with zero attached hydrogens (tertiary/aromatic N) is 1. The van der Waals surface area contributed by atoms with Gasteiger partial charge in [-0.3, -0.25) is 0 Å². The molecule has 1 aliphatic rings. The summed E-state index contributed by atoms with van der Waals surface area (Å²) in [5.41, 5.74) is 8.79. The fourth-order valence-corrected chi connectivity index (χ4v) is 3.86. The molecular weight excluding hydrogens is 390 g/mol. The van der Waals surface area contributed by atoms with Crippen LogP contribution in [-0.4, -0.2) is 55.5 Å². The molecule has 1 unspecified atom stereocenters. The van der Waals surface area contributed by atoms with Crippen LogP contribution < -0.4 is 20.5 Å². The van der Waals surface area contributed by atoms with Crippen molar-refractivity contribution in [3.63, 3.8) is 0 Å². The minimum Gasteiger partial charge on any atom is -0.493 e. The number of aryl methyl sites for hydroxylation is 1. The van der Waals surface area contributed by atoms with Gasteiger partial charge in [-0.2, -0.15) is 0 Å². The number of nitrogen functional groups attached to an aromatic ring is 1. The quantitative estimate of drug-likeness (QED) is 0.472. The van der Waals surface area contributed by atoms with Crippen molar-refractivity contribution in [1.82, 2.24) is 4.90 Å². The number of aliphatic hydroxyl groups is 1. The molecule has 2 aromatic carbocycles. The van der Waals surface area contributed by atoms with Crippen LogP contribution in [0.4, 0.5) is 11.4 Å². The summed E-state index contributed by atoms with van der Waals surface area (Å²) in [4.78, 5) is 2.31. The summed E-state index contributed by atoms with van der Waals surface area (Å²) in [5, 5.41) is 13.9. The molecule has 1 saturated heterocycles. The summed E-state index contributed by atoms with van der Waals surface area (Å²) in [7, 11) is 0. The maximum absolute atomic E-state index is 10.5. The Balaban J connectivity index is 1.41. The van der Waals surface area contributed by atoms with Crippen LogP contribution in [0.15, 0.2) is 42.5 Å². The number of ether oxygens (including phenoxy) is 2. The highest BCUT2D eigenvalue weighted by Gasteiger charge is 2.22. The maximum atomic E-state index is 10.5. The van der Waals surface area contributed by atoms with E-state index < -0.39 is 6.10 Å². The molecule has 31 heavy (non-hydrogen) atoms. The summed E-state index contributed by atoms with van der Waals surface area (Å²) < 4.78 is 11.8. The molecule has 1 aliphatic heterocycles. The van der Waals surface area contributed by atoms with Gasteiger partial charge in [0.15, 0.2) is 0 Å². The highest BCUT2D eigenvalue weighted by Crippen LogP contribution is 2.33. The van der Waals surface area contributed by atoms with Crippen LogP contribution in [0.1, 0.15) is 31.7 Å². The second kappa shape index (κ2) is 11.8. The summed E-state index contributed by atoms with van der Waals surface area (Å²) in [5.74, 6) is 2.20. The Bertz CT molecular complexity index is 792. The smallest absolute Gasteiger partial charge is 0.144 e. The predicted molar refractivity (Wildman–Crippen MR) is 127 cm³/mol. The monoisotopic (exact) mass is 427 g/mol. The Labute approximate surface area is 186 Å². The Morgan fingerprint density at radius 3 is 2.58 bits per heavy atom. The molecule has 4 N–H and O–H groups in total. The highest BCUT2D eigenvalue weighted by atomic mass is 16.5. The second-order valence-electron chi connectivity index (χ2n) is 8.43. The average Bonchev–Trinajstić information content (AvgIpc) is 2.79. The molecule has 6 nitrogen and oxygen atoms in total. The number of likely N-dealkylation sites (tertiary alicyclic amines) is 1. The first-order chi connectivity index (χ1) is 15.1. The van der Waals surface area contributed by atoms with Crippen LogP contribution in [0, 0.1) is 12.8 Å². The van der Waals surface area contributed by atoms with Crippen LogP contribution in [-0.2, 0) is 0 Å². The number of nitrogens with two attached hydrogens (primary N) is 1. The molecule has 1 heterocycles. The topological polar surface area (TPSA) is 80.0 Å². The molecule has 0 amide bonds. The van der Waals surface area contributed by atoms with Crippen molar-refractivity contribution in [2.45, 2.75) is 39.2 Å². The lowest BCUT2D eigenvalue weighted by atomic mass is 9.97. The van der Waals surface area contributed by atoms with E-state index in [0.29, 0.717) is 23.9 Å². The van der Waals surface area contributed by atoms with E-state index in [-0.39, 0.29) is 6.61 Å². The van der Waals surface area contributed by atoms with Crippen LogP contribution in [0.25, 0.3) is 0 Å². The number of anilines is 2. The van der Waals surface area contributed by atoms with E-state index in [9.17, 15) is 5.11 Å². The van der Waals surface area contributed by atoms with E-state index in [1.54, 1.807) is 0 Å². The van der Waals surface area contributed by atoms with Gasteiger partial charge in [-0.15, -0.1) is 0 Å². The molecule has 6 heteroatoms. The Morgan fingerprint density at radius 1 is 1.13 bits per heavy atom. The van der Waals surface area contributed by atoms with E-state index >= 15 is 0 Å². The molecule has 0 bridgehead atoms. The van der Waals surface area contributed by atoms with Crippen molar-refractivity contribution in [3.05, 3.63) is 48.0 Å². The fourth-order valence-electron chi connectivity index (χ4n) is 3.86. The van der Waals surface area contributed by atoms with Crippen molar-refractivity contribution in [2.24, 2.45) is 5.92 Å². The van der Waals surface area contributed by atoms with Crippen LogP contribution in [0.5, 0.6) is 11.5 Å². The minimum atomic E-state index is -0.543. The molecule has 0 saturated carbocycles. The van der Waals surface area contributed by atoms with Gasteiger partial charge < -0.3 is 30.5 Å². The summed E-state index contributed by atoms with van der Waals surface area (Å²) in [6.45, 7) is 8.49. The van der Waals surface area contributed by atoms with Gasteiger partial charge in [0.1, 0.15) is 29.9 Å². The highest BCUT2D eigenvalue weighted by molar-refractivity contribution is 5.76. The average molecular weight is 428 g/mol. The van der Waals surface area contributed by atoms with Crippen molar-refractivity contribution in [1.29, 1.82) is 0 Å². The second-order valence-corrected chi connectivity index (χ2v) is 8.43. The van der Waals surface area contributed by atoms with Gasteiger partial charge in [0.2, 0.25) is 0 Å². The molecule has 1 atom stereocenters. The first-order valence-corrected chi connectivity index (χ1v) is 11.4. The third-order valence-electron chi connectivity index (χ3n) is 5.81. The number of para-hydroxylation sites is 1. The zero-order chi connectivity index (χ0) is 22.1. The molecule has 3 rings (SSSR count). The zero-order valence-electron chi connectivity index (χ0n) is 18.8. The third kappa shape index (κ3) is 7.04. The van der Waals surface area contributed by atoms with Gasteiger partial charge in [0, 0.05) is 13.1 Å². The third-order valence-corrected chi connectivity index (χ3v) is 5.81. The van der Waals surface area contributed by atoms with Gasteiger partial charge in [0.05, 0.1) is 12.3 Å². The number of β-amino-alcohol motifs (C(OH)–C–C–N with tert-alkyl or cyclic N) is 1. The molecular formula is C25H37N3O3. The lowest BCUT2D eigenvalue weighted by Gasteiger charge is -2.33. The molecule has 0 spiro atoms. The van der Waals surface area contributed by atoms with Gasteiger partial charge in [-0.25, -0.2) is 0 Å². The minimum absolute atomic E-state index is 0.250. The number of piperidine rings is 1. The van der Waals surface area contributed by atoms with Crippen molar-refractivity contribution in [3.8, 4) is 11.5 Å². The molecule has 170 valence electrons. The number of nitrogens with one attached hydrogen (secondary N) is 1. The van der Waals surface area contributed by atoms with Gasteiger partial charge in [-0.05, 0) is 69.0 Å². The summed E-state index contributed by atoms with van der Waals surface area (Å²) in [6, 6.07) is 13.9. The van der Waals surface area contributed by atoms with Crippen molar-refractivity contribution in [2.75, 3.05) is 50.4 Å². The SMILES string of the molecule is CCCNc1c(OCC(O)CN2CCC(COc3ccccc3)CC2)ccc(C)c1N.